The highest BCUT2D eigenvalue weighted by atomic mass is 32.2. The third kappa shape index (κ3) is 6.47. The summed E-state index contributed by atoms with van der Waals surface area (Å²) in [5.74, 6) is -0.116. The highest BCUT2D eigenvalue weighted by Gasteiger charge is 2.26. The molecule has 1 N–H and O–H groups in total. The first kappa shape index (κ1) is 22.8. The van der Waals surface area contributed by atoms with Crippen LogP contribution in [0.25, 0.3) is 0 Å². The lowest BCUT2D eigenvalue weighted by Gasteiger charge is -2.18. The summed E-state index contributed by atoms with van der Waals surface area (Å²) >= 11 is 0. The number of nitro groups is 1. The Balaban J connectivity index is 2.94. The van der Waals surface area contributed by atoms with E-state index in [1.165, 1.54) is 16.4 Å². The highest BCUT2D eigenvalue weighted by Crippen LogP contribution is 2.30. The van der Waals surface area contributed by atoms with Crippen LogP contribution in [0, 0.1) is 16.0 Å². The number of carbonyl (C=O) groups excluding carboxylic acids is 1. The van der Waals surface area contributed by atoms with Crippen LogP contribution in [0.2, 0.25) is 0 Å². The van der Waals surface area contributed by atoms with Gasteiger partial charge in [-0.2, -0.15) is 4.31 Å². The fourth-order valence-corrected chi connectivity index (χ4v) is 3.81. The van der Waals surface area contributed by atoms with Crippen LogP contribution in [0.1, 0.15) is 34.1 Å². The summed E-state index contributed by atoms with van der Waals surface area (Å²) in [7, 11) is -3.83. The van der Waals surface area contributed by atoms with Gasteiger partial charge in [0.2, 0.25) is 10.0 Å². The summed E-state index contributed by atoms with van der Waals surface area (Å²) in [4.78, 5) is 22.2. The number of rotatable bonds is 11. The standard InChI is InChI=1S/C17H27N3O6S/c1-5-19(6-2)27(24,25)14-7-8-16(15(11-14)20(22)23)26-12-17(21)18-10-9-13(3)4/h7-8,11,13H,5-6,9-10,12H2,1-4H3,(H,18,21). The van der Waals surface area contributed by atoms with Gasteiger partial charge in [-0.15, -0.1) is 0 Å². The van der Waals surface area contributed by atoms with Crippen LogP contribution < -0.4 is 10.1 Å². The van der Waals surface area contributed by atoms with Gasteiger partial charge in [0.25, 0.3) is 5.91 Å². The van der Waals surface area contributed by atoms with Gasteiger partial charge in [-0.25, -0.2) is 8.42 Å². The second-order valence-corrected chi connectivity index (χ2v) is 8.24. The molecule has 0 atom stereocenters. The minimum absolute atomic E-state index is 0.155. The van der Waals surface area contributed by atoms with Crippen LogP contribution in [0.3, 0.4) is 0 Å². The van der Waals surface area contributed by atoms with Crippen molar-refractivity contribution >= 4 is 21.6 Å². The zero-order valence-corrected chi connectivity index (χ0v) is 16.9. The molecular formula is C17H27N3O6S. The second-order valence-electron chi connectivity index (χ2n) is 6.30. The number of ether oxygens (including phenoxy) is 1. The summed E-state index contributed by atoms with van der Waals surface area (Å²) in [6.07, 6.45) is 0.809. The summed E-state index contributed by atoms with van der Waals surface area (Å²) in [6.45, 7) is 8.03. The Labute approximate surface area is 159 Å². The van der Waals surface area contributed by atoms with Crippen LogP contribution in [-0.4, -0.2) is 49.8 Å². The largest absolute Gasteiger partial charge is 0.477 e. The number of hydrogen-bond acceptors (Lipinski definition) is 6. The molecule has 1 aromatic carbocycles. The predicted octanol–water partition coefficient (Wildman–Crippen LogP) is 2.17. The van der Waals surface area contributed by atoms with Crippen LogP contribution in [0.15, 0.2) is 23.1 Å². The smallest absolute Gasteiger partial charge is 0.312 e. The average molecular weight is 401 g/mol. The van der Waals surface area contributed by atoms with Crippen molar-refractivity contribution in [2.45, 2.75) is 39.0 Å². The Morgan fingerprint density at radius 2 is 1.93 bits per heavy atom. The molecule has 0 bridgehead atoms. The van der Waals surface area contributed by atoms with Gasteiger partial charge in [-0.1, -0.05) is 27.7 Å². The Bertz CT molecular complexity index is 760. The molecule has 10 heteroatoms. The van der Waals surface area contributed by atoms with Crippen LogP contribution in [-0.2, 0) is 14.8 Å². The Morgan fingerprint density at radius 3 is 2.44 bits per heavy atom. The molecule has 9 nitrogen and oxygen atoms in total. The molecule has 152 valence electrons. The Morgan fingerprint density at radius 1 is 1.30 bits per heavy atom. The molecule has 0 aliphatic rings. The fourth-order valence-electron chi connectivity index (χ4n) is 2.33. The van der Waals surface area contributed by atoms with Crippen LogP contribution >= 0.6 is 0 Å². The number of nitrogens with one attached hydrogen (secondary N) is 1. The van der Waals surface area contributed by atoms with E-state index >= 15 is 0 Å². The maximum absolute atomic E-state index is 12.5. The molecule has 0 aliphatic heterocycles. The normalized spacial score (nSPS) is 11.6. The van der Waals surface area contributed by atoms with Crippen molar-refractivity contribution in [2.24, 2.45) is 5.92 Å². The van der Waals surface area contributed by atoms with E-state index in [-0.39, 0.29) is 30.3 Å². The van der Waals surface area contributed by atoms with E-state index in [9.17, 15) is 23.3 Å². The summed E-state index contributed by atoms with van der Waals surface area (Å²) in [6, 6.07) is 3.40. The third-order valence-electron chi connectivity index (χ3n) is 3.87. The van der Waals surface area contributed by atoms with Gasteiger partial charge in [0.1, 0.15) is 0 Å². The van der Waals surface area contributed by atoms with Gasteiger partial charge in [-0.3, -0.25) is 14.9 Å². The van der Waals surface area contributed by atoms with Crippen molar-refractivity contribution in [1.29, 1.82) is 0 Å². The SMILES string of the molecule is CCN(CC)S(=O)(=O)c1ccc(OCC(=O)NCCC(C)C)c([N+](=O)[O-])c1. The van der Waals surface area contributed by atoms with Gasteiger partial charge in [0.15, 0.2) is 12.4 Å². The summed E-state index contributed by atoms with van der Waals surface area (Å²) in [5, 5.41) is 14.0. The molecule has 0 spiro atoms. The molecule has 0 saturated carbocycles. The number of nitrogens with zero attached hydrogens (tertiary/aromatic N) is 2. The Hall–Kier alpha value is -2.20. The maximum Gasteiger partial charge on any atom is 0.312 e. The van der Waals surface area contributed by atoms with Gasteiger partial charge >= 0.3 is 5.69 Å². The molecule has 0 unspecified atom stereocenters. The minimum Gasteiger partial charge on any atom is -0.477 e. The van der Waals surface area contributed by atoms with E-state index < -0.39 is 26.5 Å². The summed E-state index contributed by atoms with van der Waals surface area (Å²) in [5.41, 5.74) is -0.502. The van der Waals surface area contributed by atoms with Crippen molar-refractivity contribution in [1.82, 2.24) is 9.62 Å². The molecular weight excluding hydrogens is 374 g/mol. The van der Waals surface area contributed by atoms with E-state index in [1.807, 2.05) is 13.8 Å². The molecule has 0 heterocycles. The predicted molar refractivity (Wildman–Crippen MR) is 101 cm³/mol. The van der Waals surface area contributed by atoms with E-state index in [0.29, 0.717) is 12.5 Å². The molecule has 1 rings (SSSR count). The van der Waals surface area contributed by atoms with E-state index in [1.54, 1.807) is 13.8 Å². The average Bonchev–Trinajstić information content (AvgIpc) is 2.60. The number of sulfonamides is 1. The zero-order valence-electron chi connectivity index (χ0n) is 16.1. The first-order chi connectivity index (χ1) is 12.6. The number of nitro benzene ring substituents is 1. The van der Waals surface area contributed by atoms with Crippen molar-refractivity contribution in [3.05, 3.63) is 28.3 Å². The molecule has 1 aromatic rings. The van der Waals surface area contributed by atoms with Crippen LogP contribution in [0.5, 0.6) is 5.75 Å². The highest BCUT2D eigenvalue weighted by molar-refractivity contribution is 7.89. The van der Waals surface area contributed by atoms with Gasteiger partial charge in [0, 0.05) is 25.7 Å². The number of carbonyl (C=O) groups is 1. The molecule has 1 amide bonds. The van der Waals surface area contributed by atoms with E-state index in [4.69, 9.17) is 4.74 Å². The van der Waals surface area contributed by atoms with Crippen molar-refractivity contribution in [2.75, 3.05) is 26.2 Å². The van der Waals surface area contributed by atoms with Gasteiger partial charge in [-0.05, 0) is 24.5 Å². The second kappa shape index (κ2) is 10.2. The lowest BCUT2D eigenvalue weighted by molar-refractivity contribution is -0.386. The molecule has 0 aromatic heterocycles. The van der Waals surface area contributed by atoms with Crippen molar-refractivity contribution in [3.63, 3.8) is 0 Å². The molecule has 0 saturated heterocycles. The zero-order chi connectivity index (χ0) is 20.6. The quantitative estimate of drug-likeness (QED) is 0.448. The monoisotopic (exact) mass is 401 g/mol. The van der Waals surface area contributed by atoms with E-state index in [0.717, 1.165) is 12.5 Å². The fraction of sp³-hybridized carbons (Fsp3) is 0.588. The van der Waals surface area contributed by atoms with Crippen molar-refractivity contribution < 1.29 is 22.9 Å². The van der Waals surface area contributed by atoms with Crippen molar-refractivity contribution in [3.8, 4) is 5.75 Å². The molecule has 0 aliphatic carbocycles. The molecule has 27 heavy (non-hydrogen) atoms. The van der Waals surface area contributed by atoms with Gasteiger partial charge < -0.3 is 10.1 Å². The first-order valence-electron chi connectivity index (χ1n) is 8.81. The third-order valence-corrected chi connectivity index (χ3v) is 5.92. The maximum atomic E-state index is 12.5. The lowest BCUT2D eigenvalue weighted by Crippen LogP contribution is -2.31. The van der Waals surface area contributed by atoms with Gasteiger partial charge in [0.05, 0.1) is 9.82 Å². The first-order valence-corrected chi connectivity index (χ1v) is 10.3. The molecule has 0 fully saturated rings. The number of amides is 1. The molecule has 0 radical (unpaired) electrons. The number of hydrogen-bond donors (Lipinski definition) is 1. The summed E-state index contributed by atoms with van der Waals surface area (Å²) < 4.78 is 31.5. The minimum atomic E-state index is -3.83. The Kier molecular flexibility index (Phi) is 8.64. The van der Waals surface area contributed by atoms with Crippen LogP contribution in [0.4, 0.5) is 5.69 Å². The lowest BCUT2D eigenvalue weighted by atomic mass is 10.1. The number of benzene rings is 1. The van der Waals surface area contributed by atoms with E-state index in [2.05, 4.69) is 5.32 Å². The topological polar surface area (TPSA) is 119 Å².